The van der Waals surface area contributed by atoms with Crippen LogP contribution in [0.15, 0.2) is 0 Å². The van der Waals surface area contributed by atoms with E-state index >= 15 is 0 Å². The molecule has 14 heteroatoms. The summed E-state index contributed by atoms with van der Waals surface area (Å²) in [5, 5.41) is 16.5. The van der Waals surface area contributed by atoms with Crippen LogP contribution < -0.4 is 16.0 Å². The van der Waals surface area contributed by atoms with Crippen LogP contribution in [0.1, 0.15) is 46.0 Å². The molecule has 1 aliphatic carbocycles. The number of Topliss-reactive ketones (excluding diaryl/α,β-unsaturated/α-hetero) is 1. The molecule has 2 saturated heterocycles. The number of halogens is 3. The summed E-state index contributed by atoms with van der Waals surface area (Å²) in [6.45, 7) is 1.90. The number of amides is 4. The summed E-state index contributed by atoms with van der Waals surface area (Å²) < 4.78 is 41.2. The van der Waals surface area contributed by atoms with E-state index < -0.39 is 60.0 Å². The maximum absolute atomic E-state index is 13.4. The molecule has 2 heterocycles. The molecule has 4 amide bonds. The number of ether oxygens (including phenoxy) is 1. The van der Waals surface area contributed by atoms with Gasteiger partial charge in [0.05, 0.1) is 12.1 Å². The smallest absolute Gasteiger partial charge is 0.356 e. The van der Waals surface area contributed by atoms with Gasteiger partial charge in [-0.1, -0.05) is 6.42 Å². The van der Waals surface area contributed by atoms with E-state index in [2.05, 4.69) is 20.7 Å². The Morgan fingerprint density at radius 1 is 1.22 bits per heavy atom. The quantitative estimate of drug-likeness (QED) is 0.378. The Morgan fingerprint density at radius 2 is 1.92 bits per heavy atom. The van der Waals surface area contributed by atoms with Gasteiger partial charge in [-0.2, -0.15) is 5.26 Å². The highest BCUT2D eigenvalue weighted by molar-refractivity contribution is 6.35. The maximum Gasteiger partial charge on any atom is 0.522 e. The highest BCUT2D eigenvalue weighted by Gasteiger charge is 2.51. The molecule has 0 aromatic carbocycles. The van der Waals surface area contributed by atoms with Gasteiger partial charge in [0.2, 0.25) is 11.8 Å². The Labute approximate surface area is 211 Å². The van der Waals surface area contributed by atoms with Gasteiger partial charge in [-0.25, -0.2) is 0 Å². The molecular formula is C23H30F3N5O6. The van der Waals surface area contributed by atoms with Crippen molar-refractivity contribution in [1.29, 1.82) is 5.26 Å². The van der Waals surface area contributed by atoms with Crippen LogP contribution in [0.3, 0.4) is 0 Å². The number of alkyl halides is 3. The Balaban J connectivity index is 1.79. The Kier molecular flexibility index (Phi) is 8.46. The third kappa shape index (κ3) is 6.97. The summed E-state index contributed by atoms with van der Waals surface area (Å²) in [4.78, 5) is 64.8. The highest BCUT2D eigenvalue weighted by Crippen LogP contribution is 2.42. The largest absolute Gasteiger partial charge is 0.522 e. The molecule has 3 rings (SSSR count). The van der Waals surface area contributed by atoms with Gasteiger partial charge in [-0.05, 0) is 51.4 Å². The lowest BCUT2D eigenvalue weighted by atomic mass is 9.92. The van der Waals surface area contributed by atoms with Crippen molar-refractivity contribution in [3.05, 3.63) is 0 Å². The lowest BCUT2D eigenvalue weighted by molar-refractivity contribution is -0.321. The van der Waals surface area contributed by atoms with E-state index in [1.54, 1.807) is 0 Å². The molecule has 5 unspecified atom stereocenters. The number of hydrogen-bond acceptors (Lipinski definition) is 7. The molecule has 3 N–H and O–H groups in total. The highest BCUT2D eigenvalue weighted by atomic mass is 19.4. The number of nitrogens with one attached hydrogen (secondary N) is 3. The summed E-state index contributed by atoms with van der Waals surface area (Å²) in [5.41, 5.74) is -1.34. The van der Waals surface area contributed by atoms with Crippen LogP contribution in [0.5, 0.6) is 0 Å². The van der Waals surface area contributed by atoms with Crippen molar-refractivity contribution in [3.63, 3.8) is 0 Å². The van der Waals surface area contributed by atoms with Crippen molar-refractivity contribution in [2.24, 2.45) is 17.8 Å². The van der Waals surface area contributed by atoms with Crippen LogP contribution >= 0.6 is 0 Å². The first-order valence-corrected chi connectivity index (χ1v) is 12.1. The molecule has 0 bridgehead atoms. The summed E-state index contributed by atoms with van der Waals surface area (Å²) >= 11 is 0. The fraction of sp³-hybridized carbons (Fsp3) is 0.739. The predicted octanol–water partition coefficient (Wildman–Crippen LogP) is 0.148. The van der Waals surface area contributed by atoms with Gasteiger partial charge in [0.25, 0.3) is 0 Å². The van der Waals surface area contributed by atoms with E-state index in [0.29, 0.717) is 25.8 Å². The molecule has 1 saturated carbocycles. The molecule has 0 aromatic heterocycles. The number of carbonyl (C=O) groups excluding carboxylic acids is 5. The summed E-state index contributed by atoms with van der Waals surface area (Å²) in [5.74, 6) is -5.41. The van der Waals surface area contributed by atoms with E-state index in [1.807, 2.05) is 6.07 Å². The minimum atomic E-state index is -5.06. The van der Waals surface area contributed by atoms with Crippen molar-refractivity contribution in [2.45, 2.75) is 69.9 Å². The van der Waals surface area contributed by atoms with Gasteiger partial charge < -0.3 is 20.9 Å². The maximum atomic E-state index is 13.4. The Bertz CT molecular complexity index is 994. The second kappa shape index (κ2) is 11.0. The normalized spacial score (nSPS) is 26.2. The number of ketones is 1. The number of fused-ring (bicyclic) bond motifs is 1. The van der Waals surface area contributed by atoms with Crippen molar-refractivity contribution < 1.29 is 41.9 Å². The lowest BCUT2D eigenvalue weighted by Crippen LogP contribution is -2.57. The van der Waals surface area contributed by atoms with E-state index in [9.17, 15) is 37.1 Å². The molecular weight excluding hydrogens is 499 g/mol. The number of nitriles is 1. The minimum Gasteiger partial charge on any atom is -0.356 e. The summed E-state index contributed by atoms with van der Waals surface area (Å²) in [6, 6.07) is -0.751. The Morgan fingerprint density at radius 3 is 2.51 bits per heavy atom. The molecule has 0 radical (unpaired) electrons. The first-order chi connectivity index (χ1) is 17.2. The number of likely N-dealkylation sites (tertiary alicyclic amines) is 1. The molecule has 204 valence electrons. The van der Waals surface area contributed by atoms with E-state index in [1.165, 1.54) is 13.8 Å². The molecule has 5 atom stereocenters. The van der Waals surface area contributed by atoms with Gasteiger partial charge in [-0.15, -0.1) is 13.2 Å². The third-order valence-corrected chi connectivity index (χ3v) is 7.09. The second-order valence-corrected chi connectivity index (χ2v) is 10.2. The standard InChI is InChI=1S/C23H30F3N5O6/c1-22(2,11-27)30-20(35)21(36)31-9-13-4-3-5-14(13)17(31)19(34)29-15(8-12-6-7-28-18(12)33)16(32)10-37-23(24,25)26/h12-15,17H,3-10H2,1-2H3,(H,28,33)(H,29,34)(H,30,35). The molecule has 0 aromatic rings. The van der Waals surface area contributed by atoms with E-state index in [0.717, 1.165) is 11.3 Å². The van der Waals surface area contributed by atoms with Crippen LogP contribution in [0, 0.1) is 29.1 Å². The third-order valence-electron chi connectivity index (χ3n) is 7.09. The zero-order chi connectivity index (χ0) is 27.5. The Hall–Kier alpha value is -3.21. The molecule has 0 spiro atoms. The predicted molar refractivity (Wildman–Crippen MR) is 119 cm³/mol. The molecule has 3 aliphatic rings. The first kappa shape index (κ1) is 28.4. The average Bonchev–Trinajstić information content (AvgIpc) is 3.51. The fourth-order valence-electron chi connectivity index (χ4n) is 5.28. The van der Waals surface area contributed by atoms with Crippen molar-refractivity contribution in [2.75, 3.05) is 19.7 Å². The van der Waals surface area contributed by atoms with Crippen LogP contribution in [0.25, 0.3) is 0 Å². The number of hydrogen-bond donors (Lipinski definition) is 3. The van der Waals surface area contributed by atoms with Crippen LogP contribution in [-0.4, -0.2) is 78.0 Å². The van der Waals surface area contributed by atoms with Crippen molar-refractivity contribution >= 4 is 29.4 Å². The lowest BCUT2D eigenvalue weighted by Gasteiger charge is -2.29. The number of carbonyl (C=O) groups is 5. The summed E-state index contributed by atoms with van der Waals surface area (Å²) in [6.07, 6.45) is -2.87. The van der Waals surface area contributed by atoms with Gasteiger partial charge in [0.1, 0.15) is 18.2 Å². The first-order valence-electron chi connectivity index (χ1n) is 12.1. The molecule has 2 aliphatic heterocycles. The van der Waals surface area contributed by atoms with Gasteiger partial charge >= 0.3 is 18.2 Å². The SMILES string of the molecule is CC(C)(C#N)NC(=O)C(=O)N1CC2CCCC2C1C(=O)NC(CC1CCNC1=O)C(=O)COC(F)(F)F. The van der Waals surface area contributed by atoms with Crippen molar-refractivity contribution in [3.8, 4) is 6.07 Å². The topological polar surface area (TPSA) is 158 Å². The van der Waals surface area contributed by atoms with E-state index in [-0.39, 0.29) is 30.7 Å². The van der Waals surface area contributed by atoms with Crippen LogP contribution in [-0.2, 0) is 28.7 Å². The molecule has 3 fully saturated rings. The second-order valence-electron chi connectivity index (χ2n) is 10.2. The van der Waals surface area contributed by atoms with Gasteiger partial charge in [0, 0.05) is 19.0 Å². The zero-order valence-corrected chi connectivity index (χ0v) is 20.5. The van der Waals surface area contributed by atoms with Crippen LogP contribution in [0.4, 0.5) is 13.2 Å². The fourth-order valence-corrected chi connectivity index (χ4v) is 5.28. The molecule has 37 heavy (non-hydrogen) atoms. The average molecular weight is 530 g/mol. The number of rotatable bonds is 8. The summed E-state index contributed by atoms with van der Waals surface area (Å²) in [7, 11) is 0. The van der Waals surface area contributed by atoms with Crippen LogP contribution in [0.2, 0.25) is 0 Å². The van der Waals surface area contributed by atoms with Gasteiger partial charge in [0.15, 0.2) is 5.78 Å². The number of nitrogens with zero attached hydrogens (tertiary/aromatic N) is 2. The van der Waals surface area contributed by atoms with Gasteiger partial charge in [-0.3, -0.25) is 28.7 Å². The van der Waals surface area contributed by atoms with E-state index in [4.69, 9.17) is 5.26 Å². The minimum absolute atomic E-state index is 0.0696. The zero-order valence-electron chi connectivity index (χ0n) is 20.5. The van der Waals surface area contributed by atoms with Crippen molar-refractivity contribution in [1.82, 2.24) is 20.9 Å². The molecule has 11 nitrogen and oxygen atoms in total. The monoisotopic (exact) mass is 529 g/mol.